The summed E-state index contributed by atoms with van der Waals surface area (Å²) >= 11 is 0. The summed E-state index contributed by atoms with van der Waals surface area (Å²) in [5.41, 5.74) is 0.444. The van der Waals surface area contributed by atoms with Gasteiger partial charge in [0.15, 0.2) is 5.60 Å². The second-order valence-electron chi connectivity index (χ2n) is 9.83. The zero-order valence-electron chi connectivity index (χ0n) is 21.5. The van der Waals surface area contributed by atoms with E-state index in [9.17, 15) is 31.5 Å². The maximum atomic E-state index is 12.8. The Morgan fingerprint density at radius 2 is 1.73 bits per heavy atom. The first kappa shape index (κ1) is 30.5. The molecule has 2 aliphatic carbocycles. The van der Waals surface area contributed by atoms with Gasteiger partial charge in [-0.1, -0.05) is 25.3 Å². The van der Waals surface area contributed by atoms with Crippen molar-refractivity contribution in [3.8, 4) is 0 Å². The monoisotopic (exact) mass is 534 g/mol. The third-order valence-corrected chi connectivity index (χ3v) is 5.79. The number of fused-ring (bicyclic) bond motifs is 1. The molecule has 208 valence electrons. The van der Waals surface area contributed by atoms with E-state index in [1.807, 2.05) is 18.2 Å². The van der Waals surface area contributed by atoms with Crippen LogP contribution in [0.4, 0.5) is 22.0 Å². The zero-order valence-corrected chi connectivity index (χ0v) is 21.5. The minimum absolute atomic E-state index is 0.131. The normalized spacial score (nSPS) is 16.5. The lowest BCUT2D eigenvalue weighted by Gasteiger charge is -2.34. The Kier molecular flexibility index (Phi) is 10.4. The van der Waals surface area contributed by atoms with Crippen molar-refractivity contribution in [1.82, 2.24) is 20.6 Å². The van der Waals surface area contributed by atoms with E-state index in [4.69, 9.17) is 0 Å². The van der Waals surface area contributed by atoms with E-state index in [1.165, 1.54) is 26.2 Å². The highest BCUT2D eigenvalue weighted by Gasteiger charge is 2.47. The molecule has 37 heavy (non-hydrogen) atoms. The third-order valence-electron chi connectivity index (χ3n) is 5.79. The number of amides is 2. The molecule has 0 saturated heterocycles. The molecular formula is C25H35F5N4O3. The van der Waals surface area contributed by atoms with Gasteiger partial charge in [-0.3, -0.25) is 9.59 Å². The number of aromatic amines is 1. The van der Waals surface area contributed by atoms with Crippen molar-refractivity contribution in [1.29, 1.82) is 0 Å². The molecule has 3 N–H and O–H groups in total. The molecule has 0 unspecified atom stereocenters. The minimum Gasteiger partial charge on any atom is -0.369 e. The number of carbonyl (C=O) groups is 2. The number of benzene rings is 1. The van der Waals surface area contributed by atoms with Crippen LogP contribution in [0.5, 0.6) is 0 Å². The summed E-state index contributed by atoms with van der Waals surface area (Å²) in [5.74, 6) is -2.51. The molecule has 7 nitrogen and oxygen atoms in total. The average Bonchev–Trinajstić information content (AvgIpc) is 3.60. The third kappa shape index (κ3) is 10.6. The van der Waals surface area contributed by atoms with Gasteiger partial charge in [-0.25, -0.2) is 13.8 Å². The van der Waals surface area contributed by atoms with E-state index < -0.39 is 17.7 Å². The fraction of sp³-hybridized carbons (Fsp3) is 0.640. The summed E-state index contributed by atoms with van der Waals surface area (Å²) in [4.78, 5) is 30.3. The highest BCUT2D eigenvalue weighted by molar-refractivity contribution is 5.78. The number of imidazole rings is 1. The van der Waals surface area contributed by atoms with E-state index in [2.05, 4.69) is 25.3 Å². The molecule has 2 amide bonds. The number of hydrogen-bond acceptors (Lipinski definition) is 4. The van der Waals surface area contributed by atoms with Gasteiger partial charge in [0.2, 0.25) is 17.7 Å². The second kappa shape index (κ2) is 12.7. The Morgan fingerprint density at radius 3 is 2.19 bits per heavy atom. The summed E-state index contributed by atoms with van der Waals surface area (Å²) in [6, 6.07) is 5.55. The maximum absolute atomic E-state index is 12.8. The van der Waals surface area contributed by atoms with Crippen LogP contribution in [-0.4, -0.2) is 46.6 Å². The summed E-state index contributed by atoms with van der Waals surface area (Å²) in [5, 5.41) is 5.43. The van der Waals surface area contributed by atoms with Crippen molar-refractivity contribution in [2.75, 3.05) is 7.11 Å². The van der Waals surface area contributed by atoms with Crippen molar-refractivity contribution in [3.05, 3.63) is 29.6 Å². The van der Waals surface area contributed by atoms with Gasteiger partial charge in [-0.15, -0.1) is 0 Å². The van der Waals surface area contributed by atoms with E-state index in [-0.39, 0.29) is 37.0 Å². The van der Waals surface area contributed by atoms with Crippen LogP contribution in [0.15, 0.2) is 18.2 Å². The molecule has 1 aromatic carbocycles. The molecule has 0 radical (unpaired) electrons. The van der Waals surface area contributed by atoms with Gasteiger partial charge in [0, 0.05) is 39.8 Å². The number of carbonyl (C=O) groups excluding carboxylic acids is 2. The predicted octanol–water partition coefficient (Wildman–Crippen LogP) is 5.39. The molecule has 1 aromatic heterocycles. The van der Waals surface area contributed by atoms with Gasteiger partial charge in [0.25, 0.3) is 0 Å². The van der Waals surface area contributed by atoms with Crippen LogP contribution in [0, 0.1) is 5.92 Å². The van der Waals surface area contributed by atoms with Crippen molar-refractivity contribution in [3.63, 3.8) is 0 Å². The molecule has 0 spiro atoms. The van der Waals surface area contributed by atoms with E-state index >= 15 is 0 Å². The number of halogens is 5. The summed E-state index contributed by atoms with van der Waals surface area (Å²) in [6.07, 6.45) is -0.0281. The number of aromatic nitrogens is 2. The number of alkyl halides is 5. The van der Waals surface area contributed by atoms with Gasteiger partial charge in [-0.05, 0) is 37.5 Å². The van der Waals surface area contributed by atoms with Crippen molar-refractivity contribution in [2.24, 2.45) is 5.92 Å². The van der Waals surface area contributed by atoms with Gasteiger partial charge < -0.3 is 20.4 Å². The number of hydrogen-bond donors (Lipinski definition) is 3. The molecule has 12 heteroatoms. The Hall–Kier alpha value is -2.76. The SMILES string of the molecule is C1CC1.CC(=O)NCc1nc2ccc(CNC(=O)CC3CC(F)(F)C3)cc2[nH]1.COC(C)(C)C(F)(F)F. The van der Waals surface area contributed by atoms with E-state index in [1.54, 1.807) is 0 Å². The van der Waals surface area contributed by atoms with Crippen molar-refractivity contribution < 1.29 is 36.3 Å². The minimum atomic E-state index is -4.28. The fourth-order valence-electron chi connectivity index (χ4n) is 3.09. The lowest BCUT2D eigenvalue weighted by atomic mass is 9.79. The van der Waals surface area contributed by atoms with Crippen molar-refractivity contribution in [2.45, 2.75) is 90.1 Å². The number of rotatable bonds is 7. The molecule has 0 aliphatic heterocycles. The zero-order chi connectivity index (χ0) is 27.9. The largest absolute Gasteiger partial charge is 0.416 e. The van der Waals surface area contributed by atoms with Gasteiger partial charge in [0.1, 0.15) is 5.82 Å². The van der Waals surface area contributed by atoms with Gasteiger partial charge >= 0.3 is 6.18 Å². The van der Waals surface area contributed by atoms with Crippen LogP contribution in [0.3, 0.4) is 0 Å². The maximum Gasteiger partial charge on any atom is 0.416 e. The lowest BCUT2D eigenvalue weighted by molar-refractivity contribution is -0.255. The first-order chi connectivity index (χ1) is 17.1. The Labute approximate surface area is 212 Å². The first-order valence-electron chi connectivity index (χ1n) is 12.1. The molecule has 0 atom stereocenters. The summed E-state index contributed by atoms with van der Waals surface area (Å²) in [6.45, 7) is 4.05. The average molecular weight is 535 g/mol. The Morgan fingerprint density at radius 1 is 1.11 bits per heavy atom. The topological polar surface area (TPSA) is 96.1 Å². The number of nitrogens with zero attached hydrogens (tertiary/aromatic N) is 1. The van der Waals surface area contributed by atoms with Gasteiger partial charge in [0.05, 0.1) is 17.6 Å². The summed E-state index contributed by atoms with van der Waals surface area (Å²) in [7, 11) is 1.04. The predicted molar refractivity (Wildman–Crippen MR) is 129 cm³/mol. The molecule has 2 aliphatic rings. The quantitative estimate of drug-likeness (QED) is 0.415. The van der Waals surface area contributed by atoms with Crippen LogP contribution in [0.1, 0.15) is 70.7 Å². The molecule has 2 aromatic rings. The Balaban J connectivity index is 0.000000332. The smallest absolute Gasteiger partial charge is 0.369 e. The summed E-state index contributed by atoms with van der Waals surface area (Å²) < 4.78 is 64.9. The number of methoxy groups -OCH3 is 1. The van der Waals surface area contributed by atoms with Crippen LogP contribution >= 0.6 is 0 Å². The number of ether oxygens (including phenoxy) is 1. The van der Waals surface area contributed by atoms with Crippen LogP contribution in [0.2, 0.25) is 0 Å². The number of H-pyrrole nitrogens is 1. The van der Waals surface area contributed by atoms with E-state index in [0.717, 1.165) is 37.6 Å². The highest BCUT2D eigenvalue weighted by atomic mass is 19.4. The Bertz CT molecular complexity index is 1040. The second-order valence-corrected chi connectivity index (χ2v) is 9.83. The van der Waals surface area contributed by atoms with Crippen LogP contribution in [-0.2, 0) is 27.4 Å². The molecule has 0 bridgehead atoms. The van der Waals surface area contributed by atoms with Gasteiger partial charge in [-0.2, -0.15) is 13.2 Å². The molecule has 1 heterocycles. The molecule has 2 saturated carbocycles. The lowest BCUT2D eigenvalue weighted by Crippen LogP contribution is -2.40. The number of nitrogens with one attached hydrogen (secondary N) is 3. The van der Waals surface area contributed by atoms with Crippen LogP contribution < -0.4 is 10.6 Å². The molecular weight excluding hydrogens is 499 g/mol. The van der Waals surface area contributed by atoms with Crippen molar-refractivity contribution >= 4 is 22.8 Å². The van der Waals surface area contributed by atoms with E-state index in [0.29, 0.717) is 18.9 Å². The van der Waals surface area contributed by atoms with Crippen LogP contribution in [0.25, 0.3) is 11.0 Å². The molecule has 4 rings (SSSR count). The first-order valence-corrected chi connectivity index (χ1v) is 12.1. The fourth-order valence-corrected chi connectivity index (χ4v) is 3.09. The standard InChI is InChI=1S/C17H20F2N4O2.C5H9F3O.C3H6/c1-10(24)20-9-15-22-13-3-2-11(4-14(13)23-15)8-21-16(25)5-12-6-17(18,19)7-12;1-4(2,9-3)5(6,7)8;1-2-3-1/h2-4,12H,5-9H2,1H3,(H,20,24)(H,21,25)(H,22,23);1-3H3;1-3H2. The highest BCUT2D eigenvalue weighted by Crippen LogP contribution is 2.43. The molecule has 2 fully saturated rings.